The lowest BCUT2D eigenvalue weighted by Gasteiger charge is -2.22. The maximum absolute atomic E-state index is 12.4. The van der Waals surface area contributed by atoms with Crippen LogP contribution in [0.1, 0.15) is 44.3 Å². The van der Waals surface area contributed by atoms with Gasteiger partial charge in [0.05, 0.1) is 5.54 Å². The van der Waals surface area contributed by atoms with Crippen LogP contribution in [0.15, 0.2) is 24.3 Å². The second-order valence-corrected chi connectivity index (χ2v) is 6.94. The lowest BCUT2D eigenvalue weighted by molar-refractivity contribution is -0.121. The zero-order valence-corrected chi connectivity index (χ0v) is 13.8. The molecule has 2 heterocycles. The lowest BCUT2D eigenvalue weighted by Crippen LogP contribution is -2.48. The fraction of sp³-hybridized carbons (Fsp3) is 0.500. The second kappa shape index (κ2) is 6.02. The van der Waals surface area contributed by atoms with E-state index in [0.29, 0.717) is 0 Å². The van der Waals surface area contributed by atoms with Crippen LogP contribution in [0.5, 0.6) is 0 Å². The van der Waals surface area contributed by atoms with Gasteiger partial charge in [-0.15, -0.1) is 10.2 Å². The highest BCUT2D eigenvalue weighted by atomic mass is 16.2. The number of aromatic nitrogens is 3. The van der Waals surface area contributed by atoms with Crippen molar-refractivity contribution < 1.29 is 4.79 Å². The second-order valence-electron chi connectivity index (χ2n) is 6.94. The van der Waals surface area contributed by atoms with E-state index >= 15 is 0 Å². The molecular weight excluding hydrogens is 302 g/mol. The molecule has 2 aliphatic rings. The largest absolute Gasteiger partial charge is 0.324 e. The fourth-order valence-corrected chi connectivity index (χ4v) is 3.71. The zero-order chi connectivity index (χ0) is 16.6. The van der Waals surface area contributed by atoms with E-state index < -0.39 is 5.54 Å². The molecule has 0 saturated heterocycles. The summed E-state index contributed by atoms with van der Waals surface area (Å²) >= 11 is 0. The standard InChI is InChI=1S/C18H23N5O/c19-18(10-2-3-11-18)17(24)20-14-8-6-13(7-9-14)16-22-21-15-5-1-4-12-23(15)16/h6-9H,1-5,10-12,19H2,(H,20,24). The normalized spacial score (nSPS) is 19.0. The molecule has 1 amide bonds. The highest BCUT2D eigenvalue weighted by molar-refractivity contribution is 5.98. The Hall–Kier alpha value is -2.21. The number of carbonyl (C=O) groups excluding carboxylic acids is 1. The number of anilines is 1. The van der Waals surface area contributed by atoms with Crippen molar-refractivity contribution in [1.29, 1.82) is 0 Å². The molecule has 6 nitrogen and oxygen atoms in total. The van der Waals surface area contributed by atoms with Gasteiger partial charge in [0.15, 0.2) is 5.82 Å². The summed E-state index contributed by atoms with van der Waals surface area (Å²) in [6, 6.07) is 7.80. The molecular formula is C18H23N5O. The monoisotopic (exact) mass is 325 g/mol. The minimum Gasteiger partial charge on any atom is -0.324 e. The molecule has 1 aromatic carbocycles. The zero-order valence-electron chi connectivity index (χ0n) is 13.8. The highest BCUT2D eigenvalue weighted by Gasteiger charge is 2.36. The number of aryl methyl sites for hydroxylation is 1. The van der Waals surface area contributed by atoms with Crippen molar-refractivity contribution in [3.63, 3.8) is 0 Å². The van der Waals surface area contributed by atoms with Crippen LogP contribution in [0.3, 0.4) is 0 Å². The van der Waals surface area contributed by atoms with Crippen molar-refractivity contribution in [1.82, 2.24) is 14.8 Å². The molecule has 0 radical (unpaired) electrons. The number of rotatable bonds is 3. The highest BCUT2D eigenvalue weighted by Crippen LogP contribution is 2.29. The van der Waals surface area contributed by atoms with E-state index in [0.717, 1.165) is 61.5 Å². The molecule has 24 heavy (non-hydrogen) atoms. The van der Waals surface area contributed by atoms with E-state index in [1.807, 2.05) is 24.3 Å². The summed E-state index contributed by atoms with van der Waals surface area (Å²) in [4.78, 5) is 12.4. The van der Waals surface area contributed by atoms with Gasteiger partial charge in [0.2, 0.25) is 5.91 Å². The first-order valence-electron chi connectivity index (χ1n) is 8.79. The van der Waals surface area contributed by atoms with Crippen molar-refractivity contribution in [3.8, 4) is 11.4 Å². The Morgan fingerprint density at radius 1 is 1.08 bits per heavy atom. The summed E-state index contributed by atoms with van der Waals surface area (Å²) in [5.41, 5.74) is 7.30. The topological polar surface area (TPSA) is 85.8 Å². The van der Waals surface area contributed by atoms with Crippen LogP contribution < -0.4 is 11.1 Å². The molecule has 0 bridgehead atoms. The van der Waals surface area contributed by atoms with E-state index in [-0.39, 0.29) is 5.91 Å². The summed E-state index contributed by atoms with van der Waals surface area (Å²) < 4.78 is 2.20. The maximum atomic E-state index is 12.4. The van der Waals surface area contributed by atoms with E-state index in [2.05, 4.69) is 20.1 Å². The van der Waals surface area contributed by atoms with Crippen molar-refractivity contribution in [2.45, 2.75) is 57.0 Å². The van der Waals surface area contributed by atoms with Crippen molar-refractivity contribution in [2.75, 3.05) is 5.32 Å². The van der Waals surface area contributed by atoms with Crippen LogP contribution in [0.2, 0.25) is 0 Å². The molecule has 1 aliphatic carbocycles. The predicted molar refractivity (Wildman–Crippen MR) is 92.4 cm³/mol. The summed E-state index contributed by atoms with van der Waals surface area (Å²) in [5.74, 6) is 1.90. The van der Waals surface area contributed by atoms with Gasteiger partial charge in [-0.2, -0.15) is 0 Å². The van der Waals surface area contributed by atoms with Crippen LogP contribution in [0, 0.1) is 0 Å². The molecule has 1 saturated carbocycles. The number of nitrogens with one attached hydrogen (secondary N) is 1. The molecule has 6 heteroatoms. The van der Waals surface area contributed by atoms with Gasteiger partial charge in [-0.05, 0) is 49.9 Å². The Morgan fingerprint density at radius 2 is 1.83 bits per heavy atom. The molecule has 1 aliphatic heterocycles. The van der Waals surface area contributed by atoms with E-state index in [4.69, 9.17) is 5.73 Å². The number of hydrogen-bond acceptors (Lipinski definition) is 4. The van der Waals surface area contributed by atoms with Gasteiger partial charge in [-0.25, -0.2) is 0 Å². The third-order valence-corrected chi connectivity index (χ3v) is 5.21. The molecule has 3 N–H and O–H groups in total. The summed E-state index contributed by atoms with van der Waals surface area (Å²) in [6.45, 7) is 0.978. The van der Waals surface area contributed by atoms with Crippen LogP contribution in [0.25, 0.3) is 11.4 Å². The average Bonchev–Trinajstić information content (AvgIpc) is 3.23. The minimum absolute atomic E-state index is 0.0763. The SMILES string of the molecule is NC1(C(=O)Nc2ccc(-c3nnc4n3CCCC4)cc2)CCCC1. The number of nitrogens with zero attached hydrogens (tertiary/aromatic N) is 3. The van der Waals surface area contributed by atoms with Gasteiger partial charge < -0.3 is 15.6 Å². The van der Waals surface area contributed by atoms with Crippen molar-refractivity contribution >= 4 is 11.6 Å². The van der Waals surface area contributed by atoms with E-state index in [1.165, 1.54) is 12.8 Å². The van der Waals surface area contributed by atoms with Gasteiger partial charge in [-0.1, -0.05) is 12.8 Å². The van der Waals surface area contributed by atoms with E-state index in [1.54, 1.807) is 0 Å². The first kappa shape index (κ1) is 15.3. The quantitative estimate of drug-likeness (QED) is 0.908. The first-order chi connectivity index (χ1) is 11.7. The fourth-order valence-electron chi connectivity index (χ4n) is 3.71. The summed E-state index contributed by atoms with van der Waals surface area (Å²) in [7, 11) is 0. The summed E-state index contributed by atoms with van der Waals surface area (Å²) in [5, 5.41) is 11.6. The van der Waals surface area contributed by atoms with Crippen LogP contribution in [0.4, 0.5) is 5.69 Å². The molecule has 1 fully saturated rings. The average molecular weight is 325 g/mol. The van der Waals surface area contributed by atoms with E-state index in [9.17, 15) is 4.79 Å². The van der Waals surface area contributed by atoms with Gasteiger partial charge in [0, 0.05) is 24.2 Å². The first-order valence-corrected chi connectivity index (χ1v) is 8.79. The molecule has 0 unspecified atom stereocenters. The smallest absolute Gasteiger partial charge is 0.244 e. The third kappa shape index (κ3) is 2.71. The maximum Gasteiger partial charge on any atom is 0.244 e. The molecule has 0 atom stereocenters. The van der Waals surface area contributed by atoms with Gasteiger partial charge in [0.25, 0.3) is 0 Å². The Balaban J connectivity index is 1.51. The molecule has 4 rings (SSSR count). The molecule has 0 spiro atoms. The Morgan fingerprint density at radius 3 is 2.58 bits per heavy atom. The van der Waals surface area contributed by atoms with Gasteiger partial charge >= 0.3 is 0 Å². The van der Waals surface area contributed by atoms with Crippen molar-refractivity contribution in [2.24, 2.45) is 5.73 Å². The number of benzene rings is 1. The van der Waals surface area contributed by atoms with Crippen LogP contribution in [-0.4, -0.2) is 26.2 Å². The number of fused-ring (bicyclic) bond motifs is 1. The Labute approximate surface area is 141 Å². The number of amides is 1. The predicted octanol–water partition coefficient (Wildman–Crippen LogP) is 2.49. The summed E-state index contributed by atoms with van der Waals surface area (Å²) in [6.07, 6.45) is 6.95. The van der Waals surface area contributed by atoms with Crippen LogP contribution in [-0.2, 0) is 17.8 Å². The molecule has 126 valence electrons. The van der Waals surface area contributed by atoms with Crippen LogP contribution >= 0.6 is 0 Å². The Bertz CT molecular complexity index is 743. The minimum atomic E-state index is -0.704. The molecule has 2 aromatic rings. The number of hydrogen-bond donors (Lipinski definition) is 2. The van der Waals surface area contributed by atoms with Gasteiger partial charge in [0.1, 0.15) is 5.82 Å². The lowest BCUT2D eigenvalue weighted by atomic mass is 9.98. The van der Waals surface area contributed by atoms with Gasteiger partial charge in [-0.3, -0.25) is 4.79 Å². The number of nitrogens with two attached hydrogens (primary N) is 1. The van der Waals surface area contributed by atoms with Crippen molar-refractivity contribution in [3.05, 3.63) is 30.1 Å². The number of carbonyl (C=O) groups is 1. The molecule has 1 aromatic heterocycles. The third-order valence-electron chi connectivity index (χ3n) is 5.21. The Kier molecular flexibility index (Phi) is 3.84.